The largest absolute Gasteiger partial charge is 0.378 e. The van der Waals surface area contributed by atoms with Crippen LogP contribution in [-0.2, 0) is 16.0 Å². The summed E-state index contributed by atoms with van der Waals surface area (Å²) >= 11 is 0. The normalized spacial score (nSPS) is 14.5. The van der Waals surface area contributed by atoms with Crippen LogP contribution in [0.1, 0.15) is 16.8 Å². The van der Waals surface area contributed by atoms with E-state index in [9.17, 15) is 4.79 Å². The smallest absolute Gasteiger partial charge is 0.228 e. The molecule has 126 valence electrons. The number of pyridine rings is 1. The van der Waals surface area contributed by atoms with E-state index in [1.54, 1.807) is 0 Å². The van der Waals surface area contributed by atoms with Gasteiger partial charge in [-0.2, -0.15) is 0 Å². The van der Waals surface area contributed by atoms with Gasteiger partial charge in [0.1, 0.15) is 5.82 Å². The first-order valence-electron chi connectivity index (χ1n) is 8.28. The summed E-state index contributed by atoms with van der Waals surface area (Å²) in [6, 6.07) is 11.8. The minimum Gasteiger partial charge on any atom is -0.378 e. The summed E-state index contributed by atoms with van der Waals surface area (Å²) in [7, 11) is 0. The zero-order valence-corrected chi connectivity index (χ0v) is 14.2. The van der Waals surface area contributed by atoms with Crippen LogP contribution in [0.4, 0.5) is 11.5 Å². The fourth-order valence-electron chi connectivity index (χ4n) is 2.92. The molecule has 5 nitrogen and oxygen atoms in total. The molecule has 2 aromatic rings. The first-order chi connectivity index (χ1) is 11.6. The number of benzene rings is 1. The molecule has 0 bridgehead atoms. The summed E-state index contributed by atoms with van der Waals surface area (Å²) in [5.41, 5.74) is 3.69. The van der Waals surface area contributed by atoms with Gasteiger partial charge in [0.15, 0.2) is 0 Å². The molecule has 1 aromatic heterocycles. The van der Waals surface area contributed by atoms with Crippen LogP contribution in [0.15, 0.2) is 36.4 Å². The number of hydrogen-bond donors (Lipinski definition) is 1. The van der Waals surface area contributed by atoms with E-state index in [1.165, 1.54) is 0 Å². The van der Waals surface area contributed by atoms with Gasteiger partial charge in [-0.05, 0) is 31.0 Å². The van der Waals surface area contributed by atoms with Gasteiger partial charge in [-0.25, -0.2) is 4.98 Å². The van der Waals surface area contributed by atoms with Crippen molar-refractivity contribution in [1.82, 2.24) is 4.98 Å². The highest BCUT2D eigenvalue weighted by Gasteiger charge is 2.16. The molecule has 2 heterocycles. The highest BCUT2D eigenvalue weighted by molar-refractivity contribution is 5.93. The summed E-state index contributed by atoms with van der Waals surface area (Å²) in [4.78, 5) is 19.2. The Kier molecular flexibility index (Phi) is 5.11. The minimum absolute atomic E-state index is 0.0201. The molecule has 1 N–H and O–H groups in total. The molecule has 0 aliphatic carbocycles. The number of amides is 1. The van der Waals surface area contributed by atoms with Crippen LogP contribution in [0.3, 0.4) is 0 Å². The number of carbonyl (C=O) groups excluding carboxylic acids is 1. The van der Waals surface area contributed by atoms with Crippen LogP contribution >= 0.6 is 0 Å². The Balaban J connectivity index is 1.72. The van der Waals surface area contributed by atoms with Crippen molar-refractivity contribution >= 4 is 17.4 Å². The van der Waals surface area contributed by atoms with Crippen LogP contribution in [-0.4, -0.2) is 37.2 Å². The number of nitrogens with one attached hydrogen (secondary N) is 1. The topological polar surface area (TPSA) is 54.5 Å². The van der Waals surface area contributed by atoms with E-state index >= 15 is 0 Å². The predicted octanol–water partition coefficient (Wildman–Crippen LogP) is 2.72. The van der Waals surface area contributed by atoms with Gasteiger partial charge in [0, 0.05) is 13.1 Å². The Morgan fingerprint density at radius 3 is 2.58 bits per heavy atom. The number of aromatic nitrogens is 1. The molecule has 24 heavy (non-hydrogen) atoms. The lowest BCUT2D eigenvalue weighted by molar-refractivity contribution is -0.115. The van der Waals surface area contributed by atoms with Crippen LogP contribution in [0.5, 0.6) is 0 Å². The molecule has 5 heteroatoms. The van der Waals surface area contributed by atoms with Gasteiger partial charge in [-0.1, -0.05) is 30.3 Å². The fraction of sp³-hybridized carbons (Fsp3) is 0.368. The second-order valence-electron chi connectivity index (χ2n) is 6.07. The number of carbonyl (C=O) groups is 1. The van der Waals surface area contributed by atoms with Gasteiger partial charge in [-0.3, -0.25) is 4.79 Å². The summed E-state index contributed by atoms with van der Waals surface area (Å²) in [6.07, 6.45) is 0.366. The molecular weight excluding hydrogens is 302 g/mol. The first kappa shape index (κ1) is 16.5. The Hall–Kier alpha value is -2.40. The number of morpholine rings is 1. The highest BCUT2D eigenvalue weighted by Crippen LogP contribution is 2.24. The number of rotatable bonds is 4. The number of anilines is 2. The average molecular weight is 325 g/mol. The van der Waals surface area contributed by atoms with Crippen molar-refractivity contribution in [3.63, 3.8) is 0 Å². The summed E-state index contributed by atoms with van der Waals surface area (Å²) in [5.74, 6) is 0.933. The molecule has 1 amide bonds. The third kappa shape index (κ3) is 3.92. The van der Waals surface area contributed by atoms with Crippen molar-refractivity contribution in [3.8, 4) is 0 Å². The minimum atomic E-state index is -0.0201. The molecule has 0 unspecified atom stereocenters. The molecule has 1 aliphatic heterocycles. The van der Waals surface area contributed by atoms with Crippen LogP contribution in [0.2, 0.25) is 0 Å². The molecule has 0 spiro atoms. The maximum atomic E-state index is 12.3. The lowest BCUT2D eigenvalue weighted by Gasteiger charge is -2.28. The third-order valence-corrected chi connectivity index (χ3v) is 4.19. The standard InChI is InChI=1S/C19H23N3O2/c1-14-12-17(22-8-10-24-11-9-22)20-15(2)19(14)21-18(23)13-16-6-4-3-5-7-16/h3-7,12H,8-11,13H2,1-2H3,(H,21,23). The van der Waals surface area contributed by atoms with E-state index in [0.717, 1.165) is 54.6 Å². The van der Waals surface area contributed by atoms with E-state index in [-0.39, 0.29) is 5.91 Å². The first-order valence-corrected chi connectivity index (χ1v) is 8.28. The number of aryl methyl sites for hydroxylation is 2. The monoisotopic (exact) mass is 325 g/mol. The van der Waals surface area contributed by atoms with Gasteiger partial charge < -0.3 is 15.0 Å². The van der Waals surface area contributed by atoms with Gasteiger partial charge >= 0.3 is 0 Å². The lowest BCUT2D eigenvalue weighted by Crippen LogP contribution is -2.37. The summed E-state index contributed by atoms with van der Waals surface area (Å²) in [5, 5.41) is 3.01. The molecule has 0 saturated carbocycles. The fourth-order valence-corrected chi connectivity index (χ4v) is 2.92. The zero-order valence-electron chi connectivity index (χ0n) is 14.2. The van der Waals surface area contributed by atoms with E-state index in [2.05, 4.69) is 15.2 Å². The van der Waals surface area contributed by atoms with Crippen LogP contribution < -0.4 is 10.2 Å². The molecule has 1 aliphatic rings. The molecule has 0 radical (unpaired) electrons. The number of ether oxygens (including phenoxy) is 1. The number of hydrogen-bond acceptors (Lipinski definition) is 4. The Bertz CT molecular complexity index is 687. The van der Waals surface area contributed by atoms with Gasteiger partial charge in [0.05, 0.1) is 31.0 Å². The van der Waals surface area contributed by atoms with E-state index < -0.39 is 0 Å². The van der Waals surface area contributed by atoms with Crippen molar-refractivity contribution in [2.45, 2.75) is 20.3 Å². The molecule has 1 fully saturated rings. The van der Waals surface area contributed by atoms with E-state index in [0.29, 0.717) is 6.42 Å². The van der Waals surface area contributed by atoms with E-state index in [4.69, 9.17) is 4.74 Å². The van der Waals surface area contributed by atoms with Crippen molar-refractivity contribution in [2.75, 3.05) is 36.5 Å². The Morgan fingerprint density at radius 1 is 1.21 bits per heavy atom. The van der Waals surface area contributed by atoms with Crippen molar-refractivity contribution in [2.24, 2.45) is 0 Å². The van der Waals surface area contributed by atoms with Gasteiger partial charge in [0.25, 0.3) is 0 Å². The maximum absolute atomic E-state index is 12.3. The maximum Gasteiger partial charge on any atom is 0.228 e. The van der Waals surface area contributed by atoms with Crippen LogP contribution in [0.25, 0.3) is 0 Å². The Labute approximate surface area is 142 Å². The van der Waals surface area contributed by atoms with Crippen molar-refractivity contribution in [1.29, 1.82) is 0 Å². The highest BCUT2D eigenvalue weighted by atomic mass is 16.5. The molecular formula is C19H23N3O2. The number of nitrogens with zero attached hydrogens (tertiary/aromatic N) is 2. The molecule has 3 rings (SSSR count). The Morgan fingerprint density at radius 2 is 1.92 bits per heavy atom. The van der Waals surface area contributed by atoms with E-state index in [1.807, 2.05) is 50.2 Å². The summed E-state index contributed by atoms with van der Waals surface area (Å²) in [6.45, 7) is 7.12. The van der Waals surface area contributed by atoms with Crippen molar-refractivity contribution < 1.29 is 9.53 Å². The third-order valence-electron chi connectivity index (χ3n) is 4.19. The molecule has 1 saturated heterocycles. The molecule has 1 aromatic carbocycles. The molecule has 0 atom stereocenters. The second-order valence-corrected chi connectivity index (χ2v) is 6.07. The average Bonchev–Trinajstić information content (AvgIpc) is 2.59. The predicted molar refractivity (Wildman–Crippen MR) is 95.5 cm³/mol. The summed E-state index contributed by atoms with van der Waals surface area (Å²) < 4.78 is 5.39. The lowest BCUT2D eigenvalue weighted by atomic mass is 10.1. The SMILES string of the molecule is Cc1cc(N2CCOCC2)nc(C)c1NC(=O)Cc1ccccc1. The van der Waals surface area contributed by atoms with Crippen LogP contribution in [0, 0.1) is 13.8 Å². The van der Waals surface area contributed by atoms with Gasteiger partial charge in [-0.15, -0.1) is 0 Å². The zero-order chi connectivity index (χ0) is 16.9. The quantitative estimate of drug-likeness (QED) is 0.939. The van der Waals surface area contributed by atoms with Gasteiger partial charge in [0.2, 0.25) is 5.91 Å². The van der Waals surface area contributed by atoms with Crippen molar-refractivity contribution in [3.05, 3.63) is 53.2 Å². The second kappa shape index (κ2) is 7.45.